The number of hydrogen-bond acceptors (Lipinski definition) is 3. The van der Waals surface area contributed by atoms with Crippen LogP contribution < -0.4 is 5.56 Å². The number of pyridine rings is 1. The number of benzene rings is 3. The van der Waals surface area contributed by atoms with E-state index >= 15 is 0 Å². The largest absolute Gasteiger partial charge is 0.396 e. The van der Waals surface area contributed by atoms with Gasteiger partial charge in [-0.25, -0.2) is 4.98 Å². The van der Waals surface area contributed by atoms with Crippen LogP contribution in [0.1, 0.15) is 41.0 Å². The maximum atomic E-state index is 12.9. The summed E-state index contributed by atoms with van der Waals surface area (Å²) in [4.78, 5) is 17.6. The molecule has 0 aliphatic rings. The lowest BCUT2D eigenvalue weighted by Gasteiger charge is -2.06. The number of aliphatic hydroxyl groups is 1. The van der Waals surface area contributed by atoms with E-state index in [1.54, 1.807) is 4.40 Å². The second-order valence-electron chi connectivity index (χ2n) is 9.00. The van der Waals surface area contributed by atoms with Crippen LogP contribution in [-0.4, -0.2) is 21.1 Å². The first-order chi connectivity index (χ1) is 14.3. The van der Waals surface area contributed by atoms with Crippen molar-refractivity contribution in [2.45, 2.75) is 41.0 Å². The van der Waals surface area contributed by atoms with E-state index in [0.29, 0.717) is 12.0 Å². The van der Waals surface area contributed by atoms with E-state index in [9.17, 15) is 4.79 Å². The molecule has 0 radical (unpaired) electrons. The van der Waals surface area contributed by atoms with Crippen LogP contribution in [0.15, 0.2) is 65.5 Å². The summed E-state index contributed by atoms with van der Waals surface area (Å²) in [5.74, 6) is 0. The minimum Gasteiger partial charge on any atom is -0.396 e. The van der Waals surface area contributed by atoms with Crippen molar-refractivity contribution >= 4 is 38.2 Å². The van der Waals surface area contributed by atoms with E-state index < -0.39 is 0 Å². The molecule has 2 heterocycles. The third kappa shape index (κ3) is 4.44. The molecule has 1 N–H and O–H groups in total. The van der Waals surface area contributed by atoms with Crippen molar-refractivity contribution in [2.24, 2.45) is 5.41 Å². The summed E-state index contributed by atoms with van der Waals surface area (Å²) in [6.07, 6.45) is 0.875. The summed E-state index contributed by atoms with van der Waals surface area (Å²) < 4.78 is 1.73. The number of rotatable bonds is 1. The van der Waals surface area contributed by atoms with Crippen LogP contribution in [0.3, 0.4) is 0 Å². The maximum absolute atomic E-state index is 12.9. The Balaban J connectivity index is 0.000000244. The van der Waals surface area contributed by atoms with Crippen molar-refractivity contribution in [3.8, 4) is 0 Å². The van der Waals surface area contributed by atoms with E-state index in [4.69, 9.17) is 5.11 Å². The highest BCUT2D eigenvalue weighted by Gasteiger charge is 2.14. The van der Waals surface area contributed by atoms with Gasteiger partial charge in [0.2, 0.25) is 0 Å². The van der Waals surface area contributed by atoms with Gasteiger partial charge in [0.05, 0.1) is 11.0 Å². The fourth-order valence-electron chi connectivity index (χ4n) is 3.24. The van der Waals surface area contributed by atoms with Gasteiger partial charge < -0.3 is 5.11 Å². The van der Waals surface area contributed by atoms with Crippen molar-refractivity contribution in [3.05, 3.63) is 71.0 Å². The summed E-state index contributed by atoms with van der Waals surface area (Å²) in [6.45, 7) is 11.0. The Hall–Kier alpha value is -2.98. The van der Waals surface area contributed by atoms with Crippen LogP contribution >= 0.6 is 0 Å². The summed E-state index contributed by atoms with van der Waals surface area (Å²) in [6, 6.07) is 19.7. The second-order valence-corrected chi connectivity index (χ2v) is 9.00. The van der Waals surface area contributed by atoms with Gasteiger partial charge in [-0.3, -0.25) is 9.20 Å². The molecule has 4 heteroatoms. The monoisotopic (exact) mass is 402 g/mol. The first-order valence-electron chi connectivity index (χ1n) is 10.4. The van der Waals surface area contributed by atoms with Crippen molar-refractivity contribution in [1.82, 2.24) is 9.38 Å². The summed E-state index contributed by atoms with van der Waals surface area (Å²) >= 11 is 0. The van der Waals surface area contributed by atoms with Crippen molar-refractivity contribution in [3.63, 3.8) is 0 Å². The van der Waals surface area contributed by atoms with Crippen molar-refractivity contribution in [2.75, 3.05) is 6.61 Å². The van der Waals surface area contributed by atoms with Crippen LogP contribution in [0.2, 0.25) is 0 Å². The molecule has 0 fully saturated rings. The Morgan fingerprint density at radius 1 is 0.900 bits per heavy atom. The molecule has 3 aromatic carbocycles. The zero-order valence-electron chi connectivity index (χ0n) is 18.4. The minimum atomic E-state index is 0.00278. The molecule has 0 bridgehead atoms. The van der Waals surface area contributed by atoms with Gasteiger partial charge in [-0.05, 0) is 35.4 Å². The molecular weight excluding hydrogens is 372 g/mol. The molecule has 0 saturated carbocycles. The standard InChI is InChI=1S/C18H10N2O.C5H12.C3H8O/c21-18-13-8-4-6-11-5-3-7-12(16(11)13)17-19-14-9-1-2-10-15(14)20(17)18;1-5(2,3)4;1-2-3-4/h1-10H;1-4H3;4H,2-3H2,1H3. The lowest BCUT2D eigenvalue weighted by atomic mass is 10.0. The number of aliphatic hydroxyl groups excluding tert-OH is 1. The highest BCUT2D eigenvalue weighted by atomic mass is 16.2. The van der Waals surface area contributed by atoms with Gasteiger partial charge in [0.15, 0.2) is 0 Å². The van der Waals surface area contributed by atoms with E-state index in [1.165, 1.54) is 0 Å². The molecule has 2 aromatic heterocycles. The summed E-state index contributed by atoms with van der Waals surface area (Å²) in [5, 5.41) is 11.7. The lowest BCUT2D eigenvalue weighted by molar-refractivity contribution is 0.295. The number of hydrogen-bond donors (Lipinski definition) is 1. The predicted molar refractivity (Wildman–Crippen MR) is 128 cm³/mol. The SMILES string of the molecule is CC(C)(C)C.CCCO.O=c1c2cccc3cccc(c32)c2nc3ccccc3n12. The quantitative estimate of drug-likeness (QED) is 0.372. The first kappa shape index (κ1) is 21.7. The number of aromatic nitrogens is 2. The van der Waals surface area contributed by atoms with Gasteiger partial charge in [0, 0.05) is 22.8 Å². The first-order valence-corrected chi connectivity index (χ1v) is 10.4. The zero-order chi connectivity index (χ0) is 21.9. The highest BCUT2D eigenvalue weighted by molar-refractivity contribution is 6.15. The third-order valence-corrected chi connectivity index (χ3v) is 4.36. The second kappa shape index (κ2) is 8.80. The van der Waals surface area contributed by atoms with Crippen molar-refractivity contribution in [1.29, 1.82) is 0 Å². The third-order valence-electron chi connectivity index (χ3n) is 4.36. The Labute approximate surface area is 177 Å². The molecule has 0 aliphatic carbocycles. The molecule has 5 aromatic rings. The van der Waals surface area contributed by atoms with Crippen LogP contribution in [0.4, 0.5) is 0 Å². The van der Waals surface area contributed by atoms with Gasteiger partial charge in [-0.2, -0.15) is 0 Å². The predicted octanol–water partition coefficient (Wildman–Crippen LogP) is 6.03. The van der Waals surface area contributed by atoms with Crippen LogP contribution in [0.25, 0.3) is 38.2 Å². The van der Waals surface area contributed by atoms with Crippen LogP contribution in [0, 0.1) is 5.41 Å². The van der Waals surface area contributed by atoms with E-state index in [-0.39, 0.29) is 5.56 Å². The molecule has 0 spiro atoms. The molecular formula is C26H30N2O2. The molecule has 156 valence electrons. The normalized spacial score (nSPS) is 11.4. The fourth-order valence-corrected chi connectivity index (χ4v) is 3.24. The molecule has 0 saturated heterocycles. The van der Waals surface area contributed by atoms with E-state index in [1.807, 2.05) is 67.6 Å². The van der Waals surface area contributed by atoms with Gasteiger partial charge in [0.25, 0.3) is 5.56 Å². The number of imidazole rings is 1. The molecule has 5 rings (SSSR count). The summed E-state index contributed by atoms with van der Waals surface area (Å²) in [5.41, 5.74) is 2.96. The van der Waals surface area contributed by atoms with Gasteiger partial charge in [-0.1, -0.05) is 77.1 Å². The molecule has 0 atom stereocenters. The van der Waals surface area contributed by atoms with Crippen LogP contribution in [0.5, 0.6) is 0 Å². The maximum Gasteiger partial charge on any atom is 0.264 e. The number of fused-ring (bicyclic) bond motifs is 4. The minimum absolute atomic E-state index is 0.00278. The van der Waals surface area contributed by atoms with Gasteiger partial charge >= 0.3 is 0 Å². The Morgan fingerprint density at radius 3 is 2.07 bits per heavy atom. The lowest BCUT2D eigenvalue weighted by Crippen LogP contribution is -2.13. The molecule has 0 unspecified atom stereocenters. The Kier molecular flexibility index (Phi) is 6.37. The highest BCUT2D eigenvalue weighted by Crippen LogP contribution is 2.29. The average Bonchev–Trinajstić information content (AvgIpc) is 3.11. The zero-order valence-corrected chi connectivity index (χ0v) is 18.4. The average molecular weight is 403 g/mol. The van der Waals surface area contributed by atoms with E-state index in [0.717, 1.165) is 44.6 Å². The van der Waals surface area contributed by atoms with Gasteiger partial charge in [-0.15, -0.1) is 0 Å². The molecule has 4 nitrogen and oxygen atoms in total. The topological polar surface area (TPSA) is 54.6 Å². The fraction of sp³-hybridized carbons (Fsp3) is 0.308. The molecule has 30 heavy (non-hydrogen) atoms. The number of nitrogens with zero attached hydrogens (tertiary/aromatic N) is 2. The van der Waals surface area contributed by atoms with Gasteiger partial charge in [0.1, 0.15) is 5.65 Å². The smallest absolute Gasteiger partial charge is 0.264 e. The van der Waals surface area contributed by atoms with Crippen LogP contribution in [-0.2, 0) is 0 Å². The molecule has 0 aliphatic heterocycles. The van der Waals surface area contributed by atoms with Crippen molar-refractivity contribution < 1.29 is 5.11 Å². The Bertz CT molecular complexity index is 1320. The summed E-state index contributed by atoms with van der Waals surface area (Å²) in [7, 11) is 0. The number of para-hydroxylation sites is 2. The van der Waals surface area contributed by atoms with E-state index in [2.05, 4.69) is 32.7 Å². The molecule has 0 amide bonds. The Morgan fingerprint density at radius 2 is 1.47 bits per heavy atom.